The van der Waals surface area contributed by atoms with Crippen molar-refractivity contribution in [2.24, 2.45) is 0 Å². The van der Waals surface area contributed by atoms with E-state index in [0.717, 1.165) is 16.4 Å². The van der Waals surface area contributed by atoms with Crippen molar-refractivity contribution in [1.82, 2.24) is 4.31 Å². The predicted octanol–water partition coefficient (Wildman–Crippen LogP) is 1.70. The lowest BCUT2D eigenvalue weighted by Gasteiger charge is -2.19. The smallest absolute Gasteiger partial charge is 0.242 e. The Labute approximate surface area is 111 Å². The van der Waals surface area contributed by atoms with Crippen molar-refractivity contribution in [1.29, 1.82) is 0 Å². The van der Waals surface area contributed by atoms with Gasteiger partial charge in [0.2, 0.25) is 10.0 Å². The lowest BCUT2D eigenvalue weighted by atomic mass is 10.4. The van der Waals surface area contributed by atoms with Gasteiger partial charge in [0.15, 0.2) is 0 Å². The van der Waals surface area contributed by atoms with Gasteiger partial charge in [-0.15, -0.1) is 11.6 Å². The molecule has 18 heavy (non-hydrogen) atoms. The second-order valence-electron chi connectivity index (χ2n) is 3.79. The van der Waals surface area contributed by atoms with Crippen LogP contribution in [0.2, 0.25) is 0 Å². The van der Waals surface area contributed by atoms with Crippen LogP contribution < -0.4 is 0 Å². The van der Waals surface area contributed by atoms with Crippen LogP contribution in [0.3, 0.4) is 0 Å². The van der Waals surface area contributed by atoms with Crippen LogP contribution in [0.1, 0.15) is 0 Å². The SMILES string of the molecule is COCC(Cl)CN(C)S(=O)(=O)c1ccc(F)cc1. The second-order valence-corrected chi connectivity index (χ2v) is 6.45. The number of ether oxygens (including phenoxy) is 1. The molecule has 0 N–H and O–H groups in total. The van der Waals surface area contributed by atoms with E-state index in [4.69, 9.17) is 16.3 Å². The number of alkyl halides is 1. The molecule has 0 aliphatic rings. The quantitative estimate of drug-likeness (QED) is 0.751. The summed E-state index contributed by atoms with van der Waals surface area (Å²) in [6, 6.07) is 4.66. The van der Waals surface area contributed by atoms with E-state index in [1.54, 1.807) is 0 Å². The van der Waals surface area contributed by atoms with Gasteiger partial charge in [-0.3, -0.25) is 0 Å². The third-order valence-corrected chi connectivity index (χ3v) is 4.43. The molecule has 0 saturated carbocycles. The molecule has 0 radical (unpaired) electrons. The highest BCUT2D eigenvalue weighted by Gasteiger charge is 2.22. The minimum absolute atomic E-state index is 0.0349. The second kappa shape index (κ2) is 6.47. The third-order valence-electron chi connectivity index (χ3n) is 2.32. The lowest BCUT2D eigenvalue weighted by molar-refractivity contribution is 0.192. The number of sulfonamides is 1. The normalized spacial score (nSPS) is 13.8. The van der Waals surface area contributed by atoms with Crippen molar-refractivity contribution >= 4 is 21.6 Å². The van der Waals surface area contributed by atoms with Crippen LogP contribution in [-0.4, -0.2) is 45.4 Å². The average molecular weight is 296 g/mol. The van der Waals surface area contributed by atoms with Crippen molar-refractivity contribution in [2.75, 3.05) is 27.3 Å². The number of nitrogens with zero attached hydrogens (tertiary/aromatic N) is 1. The Morgan fingerprint density at radius 2 is 1.94 bits per heavy atom. The fourth-order valence-electron chi connectivity index (χ4n) is 1.40. The van der Waals surface area contributed by atoms with Gasteiger partial charge in [0, 0.05) is 20.7 Å². The Kier molecular flexibility index (Phi) is 5.52. The van der Waals surface area contributed by atoms with Gasteiger partial charge in [-0.2, -0.15) is 4.31 Å². The molecule has 102 valence electrons. The first kappa shape index (κ1) is 15.4. The lowest BCUT2D eigenvalue weighted by Crippen LogP contribution is -2.33. The number of hydrogen-bond donors (Lipinski definition) is 0. The van der Waals surface area contributed by atoms with Gasteiger partial charge in [-0.25, -0.2) is 12.8 Å². The fraction of sp³-hybridized carbons (Fsp3) is 0.455. The van der Waals surface area contributed by atoms with Gasteiger partial charge < -0.3 is 4.74 Å². The topological polar surface area (TPSA) is 46.6 Å². The maximum Gasteiger partial charge on any atom is 0.242 e. The molecule has 0 aromatic heterocycles. The third kappa shape index (κ3) is 3.91. The summed E-state index contributed by atoms with van der Waals surface area (Å²) < 4.78 is 42.9. The first-order valence-corrected chi connectivity index (χ1v) is 7.10. The number of methoxy groups -OCH3 is 1. The molecule has 0 bridgehead atoms. The highest BCUT2D eigenvalue weighted by molar-refractivity contribution is 7.89. The molecule has 0 aliphatic carbocycles. The van der Waals surface area contributed by atoms with Gasteiger partial charge in [0.05, 0.1) is 16.9 Å². The van der Waals surface area contributed by atoms with E-state index < -0.39 is 21.2 Å². The van der Waals surface area contributed by atoms with Crippen LogP contribution in [0, 0.1) is 5.82 Å². The predicted molar refractivity (Wildman–Crippen MR) is 67.7 cm³/mol. The van der Waals surface area contributed by atoms with Crippen LogP contribution in [0.25, 0.3) is 0 Å². The average Bonchev–Trinajstić information content (AvgIpc) is 2.29. The molecule has 1 aromatic rings. The van der Waals surface area contributed by atoms with Crippen molar-refractivity contribution in [3.05, 3.63) is 30.1 Å². The largest absolute Gasteiger partial charge is 0.383 e. The summed E-state index contributed by atoms with van der Waals surface area (Å²) in [4.78, 5) is 0.0349. The monoisotopic (exact) mass is 295 g/mol. The Balaban J connectivity index is 2.83. The molecule has 0 heterocycles. The van der Waals surface area contributed by atoms with E-state index in [1.165, 1.54) is 26.3 Å². The molecular formula is C11H15ClFNO3S. The van der Waals surface area contributed by atoms with E-state index in [1.807, 2.05) is 0 Å². The summed E-state index contributed by atoms with van der Waals surface area (Å²) in [6.07, 6.45) is 0. The zero-order valence-corrected chi connectivity index (χ0v) is 11.7. The van der Waals surface area contributed by atoms with Gasteiger partial charge in [-0.05, 0) is 24.3 Å². The minimum Gasteiger partial charge on any atom is -0.383 e. The first-order valence-electron chi connectivity index (χ1n) is 5.23. The van der Waals surface area contributed by atoms with Gasteiger partial charge >= 0.3 is 0 Å². The Bertz CT molecular complexity index is 478. The maximum absolute atomic E-state index is 12.7. The zero-order chi connectivity index (χ0) is 13.8. The number of hydrogen-bond acceptors (Lipinski definition) is 3. The van der Waals surface area contributed by atoms with Crippen LogP contribution in [0.5, 0.6) is 0 Å². The number of benzene rings is 1. The van der Waals surface area contributed by atoms with Gasteiger partial charge in [0.1, 0.15) is 5.82 Å². The van der Waals surface area contributed by atoms with Gasteiger partial charge in [-0.1, -0.05) is 0 Å². The molecule has 0 saturated heterocycles. The molecule has 4 nitrogen and oxygen atoms in total. The Morgan fingerprint density at radius 1 is 1.39 bits per heavy atom. The molecule has 0 spiro atoms. The number of rotatable bonds is 6. The molecule has 7 heteroatoms. The molecule has 0 aliphatic heterocycles. The van der Waals surface area contributed by atoms with Crippen LogP contribution in [-0.2, 0) is 14.8 Å². The Hall–Kier alpha value is -0.690. The minimum atomic E-state index is -3.64. The molecule has 1 aromatic carbocycles. The van der Waals surface area contributed by atoms with E-state index in [-0.39, 0.29) is 18.0 Å². The first-order chi connectivity index (χ1) is 8.37. The van der Waals surface area contributed by atoms with Crippen LogP contribution >= 0.6 is 11.6 Å². The van der Waals surface area contributed by atoms with E-state index in [2.05, 4.69) is 0 Å². The molecule has 0 amide bonds. The van der Waals surface area contributed by atoms with Crippen LogP contribution in [0.4, 0.5) is 4.39 Å². The zero-order valence-electron chi connectivity index (χ0n) is 10.1. The van der Waals surface area contributed by atoms with E-state index in [9.17, 15) is 12.8 Å². The molecule has 1 unspecified atom stereocenters. The summed E-state index contributed by atoms with van der Waals surface area (Å²) >= 11 is 5.90. The van der Waals surface area contributed by atoms with Crippen molar-refractivity contribution in [3.63, 3.8) is 0 Å². The van der Waals surface area contributed by atoms with E-state index in [0.29, 0.717) is 0 Å². The highest BCUT2D eigenvalue weighted by atomic mass is 35.5. The van der Waals surface area contributed by atoms with Crippen molar-refractivity contribution in [3.8, 4) is 0 Å². The molecule has 1 atom stereocenters. The molecule has 1 rings (SSSR count). The summed E-state index contributed by atoms with van der Waals surface area (Å²) in [5.41, 5.74) is 0. The fourth-order valence-corrected chi connectivity index (χ4v) is 3.03. The summed E-state index contributed by atoms with van der Waals surface area (Å²) in [5, 5.41) is -0.435. The van der Waals surface area contributed by atoms with Crippen LogP contribution in [0.15, 0.2) is 29.2 Å². The molecule has 0 fully saturated rings. The maximum atomic E-state index is 12.7. The summed E-state index contributed by atoms with van der Waals surface area (Å²) in [5.74, 6) is -0.480. The van der Waals surface area contributed by atoms with Crippen molar-refractivity contribution in [2.45, 2.75) is 10.3 Å². The van der Waals surface area contributed by atoms with E-state index >= 15 is 0 Å². The summed E-state index contributed by atoms with van der Waals surface area (Å²) in [7, 11) is -0.732. The highest BCUT2D eigenvalue weighted by Crippen LogP contribution is 2.15. The van der Waals surface area contributed by atoms with Gasteiger partial charge in [0.25, 0.3) is 0 Å². The number of halogens is 2. The Morgan fingerprint density at radius 3 is 2.44 bits per heavy atom. The van der Waals surface area contributed by atoms with Crippen molar-refractivity contribution < 1.29 is 17.5 Å². The standard InChI is InChI=1S/C11H15ClFNO3S/c1-14(7-9(12)8-17-2)18(15,16)11-5-3-10(13)4-6-11/h3-6,9H,7-8H2,1-2H3. The summed E-state index contributed by atoms with van der Waals surface area (Å²) in [6.45, 7) is 0.375. The molecular weight excluding hydrogens is 281 g/mol.